The summed E-state index contributed by atoms with van der Waals surface area (Å²) in [4.78, 5) is 28.4. The van der Waals surface area contributed by atoms with Crippen molar-refractivity contribution in [2.75, 3.05) is 40.8 Å². The van der Waals surface area contributed by atoms with Crippen molar-refractivity contribution < 1.29 is 14.3 Å². The van der Waals surface area contributed by atoms with Crippen molar-refractivity contribution in [1.82, 2.24) is 26.0 Å². The second-order valence-electron chi connectivity index (χ2n) is 10.4. The molecule has 224 valence electrons. The molecular weight excluding hydrogens is 518 g/mol. The van der Waals surface area contributed by atoms with Crippen molar-refractivity contribution in [3.63, 3.8) is 0 Å². The van der Waals surface area contributed by atoms with Gasteiger partial charge in [-0.25, -0.2) is 10.2 Å². The van der Waals surface area contributed by atoms with Crippen LogP contribution < -0.4 is 21.9 Å². The zero-order valence-corrected chi connectivity index (χ0v) is 25.0. The molecule has 41 heavy (non-hydrogen) atoms. The fraction of sp³-hybridized carbons (Fsp3) is 0.452. The van der Waals surface area contributed by atoms with Crippen LogP contribution in [0.4, 0.5) is 4.79 Å². The number of nitrogens with one attached hydrogen (secondary N) is 4. The first-order chi connectivity index (χ1) is 19.6. The molecule has 2 atom stereocenters. The number of aldehydes is 1. The highest BCUT2D eigenvalue weighted by molar-refractivity contribution is 5.74. The highest BCUT2D eigenvalue weighted by Gasteiger charge is 2.42. The molecular formula is C31H47N7O3. The summed E-state index contributed by atoms with van der Waals surface area (Å²) in [5, 5.41) is 9.90. The lowest BCUT2D eigenvalue weighted by Gasteiger charge is -2.40. The molecule has 0 radical (unpaired) electrons. The quantitative estimate of drug-likeness (QED) is 0.0493. The van der Waals surface area contributed by atoms with E-state index in [9.17, 15) is 9.59 Å². The molecule has 0 aliphatic carbocycles. The molecule has 0 aliphatic rings. The lowest BCUT2D eigenvalue weighted by atomic mass is 9.68. The van der Waals surface area contributed by atoms with Crippen molar-refractivity contribution in [3.8, 4) is 0 Å². The average Bonchev–Trinajstić information content (AvgIpc) is 2.98. The average molecular weight is 566 g/mol. The predicted octanol–water partition coefficient (Wildman–Crippen LogP) is 3.21. The van der Waals surface area contributed by atoms with Crippen LogP contribution in [-0.2, 0) is 14.9 Å². The molecule has 0 saturated carbocycles. The molecule has 2 aromatic rings. The van der Waals surface area contributed by atoms with Crippen molar-refractivity contribution in [2.45, 2.75) is 50.6 Å². The summed E-state index contributed by atoms with van der Waals surface area (Å²) in [5.74, 6) is 0.485. The van der Waals surface area contributed by atoms with Crippen LogP contribution in [-0.4, -0.2) is 81.0 Å². The van der Waals surface area contributed by atoms with E-state index in [4.69, 9.17) is 15.9 Å². The lowest BCUT2D eigenvalue weighted by molar-refractivity contribution is -0.110. The molecule has 0 fully saturated rings. The minimum Gasteiger partial charge on any atom is -0.414 e. The number of ether oxygens (including phenoxy) is 1. The second kappa shape index (κ2) is 17.2. The van der Waals surface area contributed by atoms with Crippen LogP contribution in [0.25, 0.3) is 0 Å². The largest absolute Gasteiger partial charge is 0.414 e. The van der Waals surface area contributed by atoms with Gasteiger partial charge in [-0.3, -0.25) is 10.8 Å². The van der Waals surface area contributed by atoms with Crippen LogP contribution >= 0.6 is 0 Å². The first kappa shape index (κ1) is 33.5. The van der Waals surface area contributed by atoms with E-state index in [1.807, 2.05) is 49.4 Å². The fourth-order valence-corrected chi connectivity index (χ4v) is 4.66. The van der Waals surface area contributed by atoms with Gasteiger partial charge >= 0.3 is 6.09 Å². The molecule has 6 N–H and O–H groups in total. The smallest absolute Gasteiger partial charge is 0.414 e. The number of hydrogen-bond acceptors (Lipinski definition) is 7. The van der Waals surface area contributed by atoms with Gasteiger partial charge in [0.25, 0.3) is 0 Å². The van der Waals surface area contributed by atoms with E-state index in [0.717, 1.165) is 17.4 Å². The van der Waals surface area contributed by atoms with Crippen molar-refractivity contribution >= 4 is 18.3 Å². The first-order valence-corrected chi connectivity index (χ1v) is 14.0. The maximum absolute atomic E-state index is 13.4. The van der Waals surface area contributed by atoms with Gasteiger partial charge < -0.3 is 30.4 Å². The summed E-state index contributed by atoms with van der Waals surface area (Å²) < 4.78 is 6.19. The van der Waals surface area contributed by atoms with E-state index in [0.29, 0.717) is 44.7 Å². The summed E-state index contributed by atoms with van der Waals surface area (Å²) in [7, 11) is 5.80. The minimum atomic E-state index is -0.689. The zero-order chi connectivity index (χ0) is 30.3. The summed E-state index contributed by atoms with van der Waals surface area (Å²) in [6.07, 6.45) is 4.21. The number of hydrogen-bond donors (Lipinski definition) is 5. The Morgan fingerprint density at radius 3 is 2.12 bits per heavy atom. The van der Waals surface area contributed by atoms with Crippen molar-refractivity contribution in [2.24, 2.45) is 5.73 Å². The van der Waals surface area contributed by atoms with Crippen LogP contribution in [0.15, 0.2) is 72.5 Å². The van der Waals surface area contributed by atoms with Gasteiger partial charge in [0.2, 0.25) is 0 Å². The number of nitrogens with zero attached hydrogens (tertiary/aromatic N) is 2. The van der Waals surface area contributed by atoms with Gasteiger partial charge in [0.15, 0.2) is 5.96 Å². The number of amides is 1. The Morgan fingerprint density at radius 2 is 1.63 bits per heavy atom. The van der Waals surface area contributed by atoms with E-state index in [1.165, 1.54) is 4.90 Å². The molecule has 0 spiro atoms. The topological polar surface area (TPSA) is 136 Å². The molecule has 10 heteroatoms. The monoisotopic (exact) mass is 565 g/mol. The molecule has 2 rings (SSSR count). The fourth-order valence-electron chi connectivity index (χ4n) is 4.66. The van der Waals surface area contributed by atoms with E-state index in [-0.39, 0.29) is 12.0 Å². The zero-order valence-electron chi connectivity index (χ0n) is 25.0. The van der Waals surface area contributed by atoms with Crippen LogP contribution in [0.1, 0.15) is 44.2 Å². The van der Waals surface area contributed by atoms with Crippen molar-refractivity contribution in [3.05, 3.63) is 83.6 Å². The molecule has 0 aromatic heterocycles. The van der Waals surface area contributed by atoms with Gasteiger partial charge in [-0.15, -0.1) is 0 Å². The van der Waals surface area contributed by atoms with Crippen molar-refractivity contribution in [1.29, 1.82) is 5.41 Å². The number of benzene rings is 2. The third-order valence-electron chi connectivity index (χ3n) is 7.24. The Bertz CT molecular complexity index is 1070. The Balaban J connectivity index is 2.16. The highest BCUT2D eigenvalue weighted by Crippen LogP contribution is 2.44. The molecule has 0 saturated heterocycles. The molecule has 0 bridgehead atoms. The van der Waals surface area contributed by atoms with E-state index >= 15 is 0 Å². The number of carbonyl (C=O) groups is 2. The van der Waals surface area contributed by atoms with Gasteiger partial charge in [0.05, 0.1) is 11.5 Å². The Morgan fingerprint density at radius 1 is 1.05 bits per heavy atom. The number of guanidine groups is 1. The van der Waals surface area contributed by atoms with Crippen LogP contribution in [0, 0.1) is 5.41 Å². The number of nitrogens with two attached hydrogens (primary N) is 1. The standard InChI is InChI=1S/C31H47N7O3/c1-6-28(41-30(40)38(5)21-20-35-36-27(23-39)18-13-19-34-29(32)33)31(22-24(2)37(3)4,25-14-9-7-10-15-25)26-16-11-8-12-17-26/h6-12,14-17,23-24,27,35-36H,13,18-22H2,1-5H3,(H4,32,33,34)/b28-6-/t24?,27-/m0/s1. The lowest BCUT2D eigenvalue weighted by Crippen LogP contribution is -2.46. The molecule has 1 amide bonds. The minimum absolute atomic E-state index is 0.0910. The molecule has 2 aromatic carbocycles. The third kappa shape index (κ3) is 10.00. The number of rotatable bonds is 17. The maximum atomic E-state index is 13.4. The normalized spacial score (nSPS) is 13.4. The molecule has 0 heterocycles. The highest BCUT2D eigenvalue weighted by atomic mass is 16.6. The summed E-state index contributed by atoms with van der Waals surface area (Å²) in [6.45, 7) is 5.36. The second-order valence-corrected chi connectivity index (χ2v) is 10.4. The van der Waals surface area contributed by atoms with E-state index in [1.54, 1.807) is 7.05 Å². The summed E-state index contributed by atoms with van der Waals surface area (Å²) >= 11 is 0. The van der Waals surface area contributed by atoms with Gasteiger partial charge in [0.1, 0.15) is 12.0 Å². The van der Waals surface area contributed by atoms with Crippen LogP contribution in [0.3, 0.4) is 0 Å². The van der Waals surface area contributed by atoms with Gasteiger partial charge in [0, 0.05) is 32.7 Å². The SMILES string of the molecule is C/C=C(\OC(=O)N(C)CCNN[C@H](C=O)CCCNC(=N)N)C(CC(C)N(C)C)(c1ccccc1)c1ccccc1. The third-order valence-corrected chi connectivity index (χ3v) is 7.24. The van der Waals surface area contributed by atoms with Crippen LogP contribution in [0.5, 0.6) is 0 Å². The Hall–Kier alpha value is -3.73. The van der Waals surface area contributed by atoms with Gasteiger partial charge in [-0.1, -0.05) is 60.7 Å². The number of hydrazine groups is 1. The number of carbonyl (C=O) groups excluding carboxylic acids is 2. The summed E-state index contributed by atoms with van der Waals surface area (Å²) in [6, 6.07) is 20.2. The Kier molecular flexibility index (Phi) is 14.0. The summed E-state index contributed by atoms with van der Waals surface area (Å²) in [5.41, 5.74) is 12.7. The molecule has 10 nitrogen and oxygen atoms in total. The van der Waals surface area contributed by atoms with E-state index < -0.39 is 17.6 Å². The number of allylic oxidation sites excluding steroid dienone is 2. The van der Waals surface area contributed by atoms with E-state index in [2.05, 4.69) is 66.4 Å². The maximum Gasteiger partial charge on any atom is 0.414 e. The van der Waals surface area contributed by atoms with Gasteiger partial charge in [-0.2, -0.15) is 0 Å². The molecule has 1 unspecified atom stereocenters. The van der Waals surface area contributed by atoms with Gasteiger partial charge in [-0.05, 0) is 64.4 Å². The molecule has 0 aliphatic heterocycles. The number of likely N-dealkylation sites (N-methyl/N-ethyl adjacent to an activating group) is 1. The van der Waals surface area contributed by atoms with Crippen LogP contribution in [0.2, 0.25) is 0 Å². The Labute approximate surface area is 244 Å². The predicted molar refractivity (Wildman–Crippen MR) is 164 cm³/mol. The first-order valence-electron chi connectivity index (χ1n) is 14.0.